The number of fused-ring (bicyclic) bond motifs is 1. The Morgan fingerprint density at radius 1 is 1.28 bits per heavy atom. The average Bonchev–Trinajstić information content (AvgIpc) is 2.99. The molecule has 2 heterocycles. The molecule has 2 aromatic heterocycles. The lowest BCUT2D eigenvalue weighted by atomic mass is 10.0. The van der Waals surface area contributed by atoms with Gasteiger partial charge in [0.05, 0.1) is 17.6 Å². The highest BCUT2D eigenvalue weighted by Crippen LogP contribution is 2.32. The number of aliphatic hydroxyl groups is 1. The van der Waals surface area contributed by atoms with Crippen LogP contribution in [0.3, 0.4) is 0 Å². The fourth-order valence-electron chi connectivity index (χ4n) is 3.08. The molecule has 0 saturated heterocycles. The van der Waals surface area contributed by atoms with Gasteiger partial charge in [0.25, 0.3) is 0 Å². The highest BCUT2D eigenvalue weighted by Gasteiger charge is 2.31. The monoisotopic (exact) mass is 409 g/mol. The maximum atomic E-state index is 12.6. The summed E-state index contributed by atoms with van der Waals surface area (Å²) in [6.45, 7) is 1.70. The van der Waals surface area contributed by atoms with E-state index in [0.29, 0.717) is 16.6 Å². The predicted molar refractivity (Wildman–Crippen MR) is 97.6 cm³/mol. The summed E-state index contributed by atoms with van der Waals surface area (Å²) in [5.41, 5.74) is 6.62. The van der Waals surface area contributed by atoms with E-state index in [0.717, 1.165) is 6.07 Å². The molecule has 2 unspecified atom stereocenters. The smallest absolute Gasteiger partial charge is 0.481 e. The van der Waals surface area contributed by atoms with Crippen molar-refractivity contribution in [3.63, 3.8) is 0 Å². The summed E-state index contributed by atoms with van der Waals surface area (Å²) >= 11 is 0. The number of carbonyl (C=O) groups is 1. The van der Waals surface area contributed by atoms with Crippen LogP contribution in [0.4, 0.5) is 13.2 Å². The molecule has 3 rings (SSSR count). The minimum absolute atomic E-state index is 0.140. The summed E-state index contributed by atoms with van der Waals surface area (Å²) in [7, 11) is 0. The fraction of sp³-hybridized carbons (Fsp3) is 0.263. The van der Waals surface area contributed by atoms with Crippen molar-refractivity contribution < 1.29 is 32.9 Å². The van der Waals surface area contributed by atoms with Crippen molar-refractivity contribution in [2.75, 3.05) is 0 Å². The first-order valence-electron chi connectivity index (χ1n) is 8.59. The zero-order valence-electron chi connectivity index (χ0n) is 15.2. The van der Waals surface area contributed by atoms with E-state index in [4.69, 9.17) is 10.8 Å². The third-order valence-corrected chi connectivity index (χ3v) is 4.31. The number of halogens is 3. The maximum absolute atomic E-state index is 12.6. The number of rotatable bonds is 6. The lowest BCUT2D eigenvalue weighted by molar-refractivity contribution is -0.274. The van der Waals surface area contributed by atoms with Crippen LogP contribution in [-0.4, -0.2) is 32.1 Å². The molecule has 0 amide bonds. The Bertz CT molecular complexity index is 1050. The Morgan fingerprint density at radius 2 is 2.00 bits per heavy atom. The Hall–Kier alpha value is -3.11. The van der Waals surface area contributed by atoms with Crippen LogP contribution >= 0.6 is 0 Å². The van der Waals surface area contributed by atoms with Crippen LogP contribution in [0.2, 0.25) is 0 Å². The molecule has 10 heteroatoms. The van der Waals surface area contributed by atoms with Gasteiger partial charge in [-0.05, 0) is 30.3 Å². The van der Waals surface area contributed by atoms with E-state index >= 15 is 0 Å². The number of carboxylic acid groups (broad SMARTS) is 1. The Morgan fingerprint density at radius 3 is 2.62 bits per heavy atom. The first-order chi connectivity index (χ1) is 13.5. The van der Waals surface area contributed by atoms with Crippen molar-refractivity contribution in [3.05, 3.63) is 53.9 Å². The quantitative estimate of drug-likeness (QED) is 0.538. The number of nitrogens with zero attached hydrogens (tertiary/aromatic N) is 2. The van der Waals surface area contributed by atoms with Crippen LogP contribution in [0.15, 0.2) is 42.5 Å². The number of pyridine rings is 1. The molecule has 29 heavy (non-hydrogen) atoms. The van der Waals surface area contributed by atoms with Gasteiger partial charge in [-0.25, -0.2) is 4.98 Å². The zero-order valence-corrected chi connectivity index (χ0v) is 15.2. The summed E-state index contributed by atoms with van der Waals surface area (Å²) in [6, 6.07) is 10.2. The summed E-state index contributed by atoms with van der Waals surface area (Å²) < 4.78 is 43.2. The van der Waals surface area contributed by atoms with Crippen molar-refractivity contribution in [1.29, 1.82) is 0 Å². The van der Waals surface area contributed by atoms with Crippen LogP contribution in [0.25, 0.3) is 16.7 Å². The maximum Gasteiger partial charge on any atom is 0.573 e. The van der Waals surface area contributed by atoms with Crippen molar-refractivity contribution in [1.82, 2.24) is 9.55 Å². The second kappa shape index (κ2) is 7.72. The number of hydrogen-bond donors (Lipinski definition) is 3. The topological polar surface area (TPSA) is 111 Å². The van der Waals surface area contributed by atoms with E-state index in [-0.39, 0.29) is 17.9 Å². The number of benzene rings is 1. The van der Waals surface area contributed by atoms with E-state index in [1.807, 2.05) is 0 Å². The molecule has 7 nitrogen and oxygen atoms in total. The predicted octanol–water partition coefficient (Wildman–Crippen LogP) is 3.45. The normalized spacial score (nSPS) is 14.0. The largest absolute Gasteiger partial charge is 0.573 e. The molecule has 154 valence electrons. The lowest BCUT2D eigenvalue weighted by Crippen LogP contribution is -2.17. The summed E-state index contributed by atoms with van der Waals surface area (Å²) in [4.78, 5) is 15.4. The molecule has 0 radical (unpaired) electrons. The van der Waals surface area contributed by atoms with Crippen LogP contribution in [0, 0.1) is 0 Å². The highest BCUT2D eigenvalue weighted by molar-refractivity contribution is 5.84. The van der Waals surface area contributed by atoms with E-state index in [1.165, 1.54) is 22.8 Å². The zero-order chi connectivity index (χ0) is 21.3. The van der Waals surface area contributed by atoms with E-state index < -0.39 is 30.2 Å². The molecule has 2 atom stereocenters. The van der Waals surface area contributed by atoms with Crippen molar-refractivity contribution in [2.24, 2.45) is 5.73 Å². The Balaban J connectivity index is 2.15. The number of ether oxygens (including phenoxy) is 1. The molecule has 0 aliphatic heterocycles. The Labute approximate surface area is 163 Å². The summed E-state index contributed by atoms with van der Waals surface area (Å²) in [5, 5.41) is 19.5. The van der Waals surface area contributed by atoms with Crippen molar-refractivity contribution >= 4 is 16.9 Å². The van der Waals surface area contributed by atoms with Crippen LogP contribution in [0.1, 0.15) is 36.9 Å². The van der Waals surface area contributed by atoms with Crippen LogP contribution < -0.4 is 10.5 Å². The third kappa shape index (κ3) is 4.66. The number of alkyl halides is 3. The van der Waals surface area contributed by atoms with Gasteiger partial charge in [-0.3, -0.25) is 9.36 Å². The van der Waals surface area contributed by atoms with Gasteiger partial charge in [0, 0.05) is 23.1 Å². The number of aliphatic carboxylic acids is 1. The number of aromatic nitrogens is 2. The van der Waals surface area contributed by atoms with Crippen LogP contribution in [0.5, 0.6) is 5.75 Å². The lowest BCUT2D eigenvalue weighted by Gasteiger charge is -2.15. The van der Waals surface area contributed by atoms with Gasteiger partial charge in [-0.1, -0.05) is 13.0 Å². The number of carboxylic acids is 1. The average molecular weight is 409 g/mol. The van der Waals surface area contributed by atoms with Gasteiger partial charge in [-0.2, -0.15) is 0 Å². The van der Waals surface area contributed by atoms with E-state index in [9.17, 15) is 23.1 Å². The fourth-order valence-corrected chi connectivity index (χ4v) is 3.08. The second-order valence-electron chi connectivity index (χ2n) is 6.54. The standard InChI is InChI=1S/C19H18F3N3O4/c1-10(7-17(26)27)13-3-2-4-16(24-13)25-14-9-12(29-19(20,21)22)6-5-11(14)8-15(25)18(23)28/h2-6,8-10,18,28H,7,23H2,1H3,(H,26,27). The van der Waals surface area contributed by atoms with Gasteiger partial charge < -0.3 is 20.7 Å². The number of nitrogens with two attached hydrogens (primary N) is 1. The molecule has 3 aromatic rings. The highest BCUT2D eigenvalue weighted by atomic mass is 19.4. The van der Waals surface area contributed by atoms with E-state index in [1.54, 1.807) is 25.1 Å². The van der Waals surface area contributed by atoms with E-state index in [2.05, 4.69) is 9.72 Å². The number of aliphatic hydroxyl groups excluding tert-OH is 1. The third-order valence-electron chi connectivity index (χ3n) is 4.31. The molecule has 1 aromatic carbocycles. The van der Waals surface area contributed by atoms with Gasteiger partial charge in [0.2, 0.25) is 0 Å². The molecule has 0 saturated carbocycles. The molecule has 0 spiro atoms. The van der Waals surface area contributed by atoms with Gasteiger partial charge in [0.15, 0.2) is 0 Å². The molecular formula is C19H18F3N3O4. The number of hydrogen-bond acceptors (Lipinski definition) is 5. The molecule has 0 fully saturated rings. The first kappa shape index (κ1) is 20.6. The molecular weight excluding hydrogens is 391 g/mol. The van der Waals surface area contributed by atoms with Gasteiger partial charge in [-0.15, -0.1) is 13.2 Å². The second-order valence-corrected chi connectivity index (χ2v) is 6.54. The van der Waals surface area contributed by atoms with Gasteiger partial charge >= 0.3 is 12.3 Å². The minimum atomic E-state index is -4.86. The van der Waals surface area contributed by atoms with Crippen molar-refractivity contribution in [3.8, 4) is 11.6 Å². The summed E-state index contributed by atoms with van der Waals surface area (Å²) in [5.74, 6) is -1.54. The van der Waals surface area contributed by atoms with Gasteiger partial charge in [0.1, 0.15) is 17.8 Å². The van der Waals surface area contributed by atoms with Crippen LogP contribution in [-0.2, 0) is 4.79 Å². The molecule has 0 aliphatic carbocycles. The SMILES string of the molecule is CC(CC(=O)O)c1cccc(-n2c(C(N)O)cc3ccc(OC(F)(F)F)cc32)n1. The Kier molecular flexibility index (Phi) is 5.49. The molecule has 4 N–H and O–H groups in total. The molecule has 0 bridgehead atoms. The first-order valence-corrected chi connectivity index (χ1v) is 8.59. The summed E-state index contributed by atoms with van der Waals surface area (Å²) in [6.07, 6.45) is -6.42. The molecule has 0 aliphatic rings. The minimum Gasteiger partial charge on any atom is -0.481 e. The van der Waals surface area contributed by atoms with Crippen molar-refractivity contribution in [2.45, 2.75) is 31.9 Å².